The van der Waals surface area contributed by atoms with Crippen molar-refractivity contribution in [3.05, 3.63) is 78.0 Å². The molecule has 9 nitrogen and oxygen atoms in total. The third kappa shape index (κ3) is 4.52. The molecule has 0 bridgehead atoms. The second kappa shape index (κ2) is 9.59. The Kier molecular flexibility index (Phi) is 6.15. The van der Waals surface area contributed by atoms with Gasteiger partial charge in [-0.05, 0) is 55.8 Å². The molecule has 5 aromatic rings. The van der Waals surface area contributed by atoms with E-state index in [0.717, 1.165) is 50.4 Å². The number of nitriles is 1. The number of rotatable bonds is 6. The van der Waals surface area contributed by atoms with Crippen molar-refractivity contribution in [2.24, 2.45) is 7.05 Å². The third-order valence-electron chi connectivity index (χ3n) is 6.17. The number of hydrogen-bond donors (Lipinski definition) is 1. The summed E-state index contributed by atoms with van der Waals surface area (Å²) in [5, 5.41) is 12.3. The number of aromatic nitrogens is 5. The molecule has 3 aromatic heterocycles. The van der Waals surface area contributed by atoms with Crippen molar-refractivity contribution in [3.8, 4) is 28.8 Å². The van der Waals surface area contributed by atoms with Gasteiger partial charge >= 0.3 is 0 Å². The van der Waals surface area contributed by atoms with Gasteiger partial charge in [0.15, 0.2) is 0 Å². The quantitative estimate of drug-likeness (QED) is 0.332. The van der Waals surface area contributed by atoms with Crippen LogP contribution in [-0.2, 0) is 7.05 Å². The van der Waals surface area contributed by atoms with E-state index >= 15 is 0 Å². The Labute approximate surface area is 215 Å². The Bertz CT molecular complexity index is 1630. The highest BCUT2D eigenvalue weighted by molar-refractivity contribution is 5.85. The van der Waals surface area contributed by atoms with Crippen molar-refractivity contribution in [2.45, 2.75) is 13.8 Å². The molecule has 0 fully saturated rings. The number of fused-ring (bicyclic) bond motifs is 1. The molecule has 9 heteroatoms. The van der Waals surface area contributed by atoms with Gasteiger partial charge in [-0.1, -0.05) is 0 Å². The lowest BCUT2D eigenvalue weighted by molar-refractivity contribution is 0.460. The van der Waals surface area contributed by atoms with Crippen molar-refractivity contribution in [3.63, 3.8) is 0 Å². The average Bonchev–Trinajstić information content (AvgIpc) is 3.27. The summed E-state index contributed by atoms with van der Waals surface area (Å²) in [4.78, 5) is 19.9. The van der Waals surface area contributed by atoms with E-state index in [0.29, 0.717) is 17.4 Å². The SMILES string of the molecule is Cc1cc(N(C)C)c(-c2cncnc2)c(C)c1Oc1nc(Nc2ccc(C#N)cc2)nc2ccn(C)c12. The monoisotopic (exact) mass is 490 g/mol. The molecule has 0 aliphatic heterocycles. The largest absolute Gasteiger partial charge is 0.436 e. The summed E-state index contributed by atoms with van der Waals surface area (Å²) >= 11 is 0. The minimum atomic E-state index is 0.398. The number of ether oxygens (including phenoxy) is 1. The van der Waals surface area contributed by atoms with E-state index in [1.165, 1.54) is 6.33 Å². The molecule has 37 heavy (non-hydrogen) atoms. The van der Waals surface area contributed by atoms with Crippen molar-refractivity contribution < 1.29 is 4.74 Å². The zero-order chi connectivity index (χ0) is 26.1. The van der Waals surface area contributed by atoms with Gasteiger partial charge in [0.1, 0.15) is 17.6 Å². The first kappa shape index (κ1) is 23.8. The fraction of sp³-hybridized carbons (Fsp3) is 0.179. The van der Waals surface area contributed by atoms with E-state index in [1.807, 2.05) is 64.0 Å². The van der Waals surface area contributed by atoms with Gasteiger partial charge in [-0.2, -0.15) is 10.2 Å². The zero-order valence-electron chi connectivity index (χ0n) is 21.3. The van der Waals surface area contributed by atoms with E-state index in [9.17, 15) is 0 Å². The van der Waals surface area contributed by atoms with Crippen molar-refractivity contribution in [1.82, 2.24) is 24.5 Å². The molecule has 0 unspecified atom stereocenters. The first-order valence-corrected chi connectivity index (χ1v) is 11.7. The summed E-state index contributed by atoms with van der Waals surface area (Å²) in [7, 11) is 5.97. The summed E-state index contributed by atoms with van der Waals surface area (Å²) in [6, 6.07) is 13.3. The van der Waals surface area contributed by atoms with Crippen LogP contribution in [0.4, 0.5) is 17.3 Å². The van der Waals surface area contributed by atoms with Crippen LogP contribution < -0.4 is 15.0 Å². The lowest BCUT2D eigenvalue weighted by atomic mass is 9.96. The standard InChI is InChI=1S/C28H26N8O/c1-17-12-23(35(3)4)24(20-14-30-16-31-15-20)18(2)26(17)37-27-25-22(10-11-36(25)5)33-28(34-27)32-21-8-6-19(13-29)7-9-21/h6-12,14-16H,1-5H3,(H,32,33,34). The number of nitrogens with zero attached hydrogens (tertiary/aromatic N) is 7. The molecular weight excluding hydrogens is 464 g/mol. The van der Waals surface area contributed by atoms with Gasteiger partial charge in [0.25, 0.3) is 0 Å². The maximum absolute atomic E-state index is 9.08. The molecule has 0 aliphatic carbocycles. The highest BCUT2D eigenvalue weighted by Gasteiger charge is 2.21. The van der Waals surface area contributed by atoms with Gasteiger partial charge in [0.05, 0.1) is 17.1 Å². The number of anilines is 3. The minimum absolute atomic E-state index is 0.398. The molecule has 0 saturated heterocycles. The normalized spacial score (nSPS) is 10.8. The molecular formula is C28H26N8O. The summed E-state index contributed by atoms with van der Waals surface area (Å²) in [6.45, 7) is 4.07. The van der Waals surface area contributed by atoms with Crippen LogP contribution in [0.2, 0.25) is 0 Å². The minimum Gasteiger partial charge on any atom is -0.436 e. The van der Waals surface area contributed by atoms with Gasteiger partial charge in [-0.15, -0.1) is 0 Å². The van der Waals surface area contributed by atoms with Gasteiger partial charge in [0, 0.05) is 67.8 Å². The second-order valence-electron chi connectivity index (χ2n) is 8.99. The molecule has 0 saturated carbocycles. The zero-order valence-corrected chi connectivity index (χ0v) is 21.3. The first-order valence-electron chi connectivity index (χ1n) is 11.7. The van der Waals surface area contributed by atoms with Gasteiger partial charge < -0.3 is 19.5 Å². The van der Waals surface area contributed by atoms with Crippen LogP contribution in [0, 0.1) is 25.2 Å². The van der Waals surface area contributed by atoms with Gasteiger partial charge in [-0.3, -0.25) is 0 Å². The Hall–Kier alpha value is -4.97. The molecule has 2 aromatic carbocycles. The fourth-order valence-corrected chi connectivity index (χ4v) is 4.38. The van der Waals surface area contributed by atoms with Crippen LogP contribution in [0.25, 0.3) is 22.2 Å². The van der Waals surface area contributed by atoms with Crippen LogP contribution in [-0.4, -0.2) is 38.6 Å². The van der Waals surface area contributed by atoms with Crippen LogP contribution in [0.15, 0.2) is 61.3 Å². The Morgan fingerprint density at radius 2 is 1.76 bits per heavy atom. The van der Waals surface area contributed by atoms with E-state index in [2.05, 4.69) is 37.3 Å². The Balaban J connectivity index is 1.62. The molecule has 5 rings (SSSR count). The number of benzene rings is 2. The summed E-state index contributed by atoms with van der Waals surface area (Å²) in [5.41, 5.74) is 7.78. The van der Waals surface area contributed by atoms with Crippen molar-refractivity contribution in [2.75, 3.05) is 24.3 Å². The van der Waals surface area contributed by atoms with Crippen molar-refractivity contribution in [1.29, 1.82) is 5.26 Å². The lowest BCUT2D eigenvalue weighted by Crippen LogP contribution is -2.12. The van der Waals surface area contributed by atoms with E-state index in [-0.39, 0.29) is 0 Å². The fourth-order valence-electron chi connectivity index (χ4n) is 4.38. The Morgan fingerprint density at radius 3 is 2.43 bits per heavy atom. The molecule has 184 valence electrons. The van der Waals surface area contributed by atoms with Crippen molar-refractivity contribution >= 4 is 28.4 Å². The highest BCUT2D eigenvalue weighted by atomic mass is 16.5. The maximum Gasteiger partial charge on any atom is 0.249 e. The van der Waals surface area contributed by atoms with Crippen LogP contribution in [0.1, 0.15) is 16.7 Å². The molecule has 0 radical (unpaired) electrons. The van der Waals surface area contributed by atoms with E-state index in [4.69, 9.17) is 15.0 Å². The smallest absolute Gasteiger partial charge is 0.249 e. The number of nitrogens with one attached hydrogen (secondary N) is 1. The lowest BCUT2D eigenvalue weighted by Gasteiger charge is -2.23. The molecule has 3 heterocycles. The van der Waals surface area contributed by atoms with Gasteiger partial charge in [0.2, 0.25) is 11.8 Å². The van der Waals surface area contributed by atoms with E-state index in [1.54, 1.807) is 24.5 Å². The number of hydrogen-bond acceptors (Lipinski definition) is 8. The molecule has 1 N–H and O–H groups in total. The first-order chi connectivity index (χ1) is 17.9. The van der Waals surface area contributed by atoms with Crippen LogP contribution >= 0.6 is 0 Å². The summed E-state index contributed by atoms with van der Waals surface area (Å²) < 4.78 is 8.54. The second-order valence-corrected chi connectivity index (χ2v) is 8.99. The molecule has 0 atom stereocenters. The highest BCUT2D eigenvalue weighted by Crippen LogP contribution is 2.42. The predicted octanol–water partition coefficient (Wildman–Crippen LogP) is 5.52. The van der Waals surface area contributed by atoms with Crippen LogP contribution in [0.5, 0.6) is 11.6 Å². The summed E-state index contributed by atoms with van der Waals surface area (Å²) in [5.74, 6) is 1.55. The van der Waals surface area contributed by atoms with Crippen LogP contribution in [0.3, 0.4) is 0 Å². The topological polar surface area (TPSA) is 105 Å². The van der Waals surface area contributed by atoms with Gasteiger partial charge in [-0.25, -0.2) is 15.0 Å². The average molecular weight is 491 g/mol. The van der Waals surface area contributed by atoms with E-state index < -0.39 is 0 Å². The Morgan fingerprint density at radius 1 is 1.03 bits per heavy atom. The molecule has 0 aliphatic rings. The maximum atomic E-state index is 9.08. The third-order valence-corrected chi connectivity index (χ3v) is 6.17. The molecule has 0 amide bonds. The molecule has 0 spiro atoms. The predicted molar refractivity (Wildman–Crippen MR) is 144 cm³/mol. The number of aryl methyl sites for hydroxylation is 2. The summed E-state index contributed by atoms with van der Waals surface area (Å²) in [6.07, 6.45) is 7.07.